The summed E-state index contributed by atoms with van der Waals surface area (Å²) < 4.78 is 4.88. The Kier molecular flexibility index (Phi) is 3.58. The molecule has 1 saturated carbocycles. The van der Waals surface area contributed by atoms with Crippen molar-refractivity contribution in [3.8, 4) is 0 Å². The van der Waals surface area contributed by atoms with Gasteiger partial charge in [0.2, 0.25) is 0 Å². The summed E-state index contributed by atoms with van der Waals surface area (Å²) in [6, 6.07) is -0.191. The first-order valence-corrected chi connectivity index (χ1v) is 4.50. The van der Waals surface area contributed by atoms with E-state index in [0.717, 1.165) is 19.3 Å². The highest BCUT2D eigenvalue weighted by molar-refractivity contribution is 5.73. The number of esters is 1. The Morgan fingerprint density at radius 2 is 2.46 bits per heavy atom. The van der Waals surface area contributed by atoms with E-state index in [4.69, 9.17) is 10.3 Å². The molecule has 2 atom stereocenters. The topological polar surface area (TPSA) is 75.1 Å². The number of hydrogen-bond acceptors (Lipinski definition) is 3. The van der Waals surface area contributed by atoms with Crippen molar-refractivity contribution >= 4 is 5.97 Å². The first kappa shape index (κ1) is 9.86. The molecule has 0 aromatic rings. The molecule has 0 saturated heterocycles. The second-order valence-electron chi connectivity index (χ2n) is 3.06. The summed E-state index contributed by atoms with van der Waals surface area (Å²) in [6.07, 6.45) is 2.52. The Morgan fingerprint density at radius 3 is 3.08 bits per heavy atom. The zero-order chi connectivity index (χ0) is 9.68. The van der Waals surface area contributed by atoms with Gasteiger partial charge in [-0.3, -0.25) is 4.79 Å². The maximum atomic E-state index is 11.3. The number of rotatable bonds is 3. The number of carbonyl (C=O) groups is 1. The molecule has 1 aliphatic carbocycles. The standard InChI is InChI=1S/C8H13N3O2/c1-2-13-8(12)6-4-3-5-7(6)10-11-9/h6-7H,2-5H2,1H3/t6-,7-/m0/s1. The van der Waals surface area contributed by atoms with Gasteiger partial charge in [0.15, 0.2) is 0 Å². The third-order valence-corrected chi connectivity index (χ3v) is 2.27. The molecule has 0 aliphatic heterocycles. The molecule has 5 heteroatoms. The summed E-state index contributed by atoms with van der Waals surface area (Å²) in [7, 11) is 0. The molecule has 1 aliphatic rings. The van der Waals surface area contributed by atoms with Crippen LogP contribution in [0, 0.1) is 5.92 Å². The molecule has 1 fully saturated rings. The third-order valence-electron chi connectivity index (χ3n) is 2.27. The largest absolute Gasteiger partial charge is 0.466 e. The van der Waals surface area contributed by atoms with E-state index in [1.165, 1.54) is 0 Å². The first-order valence-electron chi connectivity index (χ1n) is 4.50. The maximum absolute atomic E-state index is 11.3. The minimum Gasteiger partial charge on any atom is -0.466 e. The van der Waals surface area contributed by atoms with Crippen LogP contribution in [0.2, 0.25) is 0 Å². The lowest BCUT2D eigenvalue weighted by molar-refractivity contribution is -0.148. The second-order valence-corrected chi connectivity index (χ2v) is 3.06. The molecule has 0 spiro atoms. The fraction of sp³-hybridized carbons (Fsp3) is 0.875. The van der Waals surface area contributed by atoms with Crippen LogP contribution >= 0.6 is 0 Å². The molecule has 1 rings (SSSR count). The van der Waals surface area contributed by atoms with Gasteiger partial charge in [-0.25, -0.2) is 0 Å². The van der Waals surface area contributed by atoms with Crippen molar-refractivity contribution in [1.82, 2.24) is 0 Å². The molecule has 0 radical (unpaired) electrons. The Labute approximate surface area is 76.7 Å². The van der Waals surface area contributed by atoms with E-state index in [9.17, 15) is 4.79 Å². The van der Waals surface area contributed by atoms with Crippen molar-refractivity contribution in [3.05, 3.63) is 10.4 Å². The van der Waals surface area contributed by atoms with Gasteiger partial charge in [-0.2, -0.15) is 0 Å². The van der Waals surface area contributed by atoms with Crippen molar-refractivity contribution in [1.29, 1.82) is 0 Å². The van der Waals surface area contributed by atoms with E-state index in [0.29, 0.717) is 6.61 Å². The van der Waals surface area contributed by atoms with Gasteiger partial charge in [0.05, 0.1) is 18.6 Å². The van der Waals surface area contributed by atoms with E-state index in [2.05, 4.69) is 10.0 Å². The molecule has 0 unspecified atom stereocenters. The molecule has 0 heterocycles. The van der Waals surface area contributed by atoms with Crippen molar-refractivity contribution in [2.75, 3.05) is 6.61 Å². The molecule has 72 valence electrons. The van der Waals surface area contributed by atoms with Crippen molar-refractivity contribution in [2.24, 2.45) is 11.0 Å². The van der Waals surface area contributed by atoms with Gasteiger partial charge in [-0.15, -0.1) is 0 Å². The van der Waals surface area contributed by atoms with E-state index in [1.54, 1.807) is 6.92 Å². The average molecular weight is 183 g/mol. The monoisotopic (exact) mass is 183 g/mol. The van der Waals surface area contributed by atoms with Crippen LogP contribution in [0.4, 0.5) is 0 Å². The van der Waals surface area contributed by atoms with Crippen LogP contribution in [0.3, 0.4) is 0 Å². The Hall–Kier alpha value is -1.22. The van der Waals surface area contributed by atoms with Gasteiger partial charge in [-0.05, 0) is 25.3 Å². The molecular weight excluding hydrogens is 170 g/mol. The van der Waals surface area contributed by atoms with Crippen molar-refractivity contribution in [2.45, 2.75) is 32.2 Å². The van der Waals surface area contributed by atoms with Crippen LogP contribution in [0.15, 0.2) is 5.11 Å². The number of ether oxygens (including phenoxy) is 1. The van der Waals surface area contributed by atoms with E-state index in [1.807, 2.05) is 0 Å². The predicted molar refractivity (Wildman–Crippen MR) is 46.9 cm³/mol. The lowest BCUT2D eigenvalue weighted by atomic mass is 10.1. The second kappa shape index (κ2) is 4.72. The van der Waals surface area contributed by atoms with Gasteiger partial charge < -0.3 is 4.74 Å². The Morgan fingerprint density at radius 1 is 1.69 bits per heavy atom. The van der Waals surface area contributed by atoms with Gasteiger partial charge in [0, 0.05) is 4.91 Å². The van der Waals surface area contributed by atoms with Gasteiger partial charge >= 0.3 is 5.97 Å². The van der Waals surface area contributed by atoms with Crippen LogP contribution in [0.25, 0.3) is 10.4 Å². The summed E-state index contributed by atoms with van der Waals surface area (Å²) in [5.41, 5.74) is 8.26. The van der Waals surface area contributed by atoms with E-state index in [-0.39, 0.29) is 17.9 Å². The SMILES string of the molecule is CCOC(=O)[C@H]1CCC[C@@H]1N=[N+]=[N-]. The normalized spacial score (nSPS) is 26.5. The fourth-order valence-corrected chi connectivity index (χ4v) is 1.67. The summed E-state index contributed by atoms with van der Waals surface area (Å²) in [6.45, 7) is 2.16. The number of azide groups is 1. The summed E-state index contributed by atoms with van der Waals surface area (Å²) >= 11 is 0. The van der Waals surface area contributed by atoms with E-state index >= 15 is 0 Å². The van der Waals surface area contributed by atoms with Gasteiger partial charge in [0.25, 0.3) is 0 Å². The van der Waals surface area contributed by atoms with E-state index < -0.39 is 0 Å². The summed E-state index contributed by atoms with van der Waals surface area (Å²) in [4.78, 5) is 14.1. The quantitative estimate of drug-likeness (QED) is 0.290. The predicted octanol–water partition coefficient (Wildman–Crippen LogP) is 2.03. The highest BCUT2D eigenvalue weighted by atomic mass is 16.5. The lowest BCUT2D eigenvalue weighted by Crippen LogP contribution is -2.23. The minimum atomic E-state index is -0.225. The molecule has 0 amide bonds. The number of nitrogens with zero attached hydrogens (tertiary/aromatic N) is 3. The third kappa shape index (κ3) is 2.36. The molecule has 0 aromatic heterocycles. The minimum absolute atomic E-state index is 0.191. The Bertz CT molecular complexity index is 236. The molecule has 13 heavy (non-hydrogen) atoms. The van der Waals surface area contributed by atoms with Gasteiger partial charge in [-0.1, -0.05) is 11.5 Å². The molecule has 0 N–H and O–H groups in total. The van der Waals surface area contributed by atoms with Crippen LogP contribution < -0.4 is 0 Å². The van der Waals surface area contributed by atoms with Crippen LogP contribution in [0.5, 0.6) is 0 Å². The average Bonchev–Trinajstić information content (AvgIpc) is 2.54. The smallest absolute Gasteiger partial charge is 0.309 e. The zero-order valence-electron chi connectivity index (χ0n) is 7.64. The number of hydrogen-bond donors (Lipinski definition) is 0. The number of carbonyl (C=O) groups excluding carboxylic acids is 1. The first-order chi connectivity index (χ1) is 6.29. The zero-order valence-corrected chi connectivity index (χ0v) is 7.64. The molecule has 0 bridgehead atoms. The van der Waals surface area contributed by atoms with Crippen LogP contribution in [-0.2, 0) is 9.53 Å². The van der Waals surface area contributed by atoms with Gasteiger partial charge in [0.1, 0.15) is 0 Å². The highest BCUT2D eigenvalue weighted by Gasteiger charge is 2.33. The van der Waals surface area contributed by atoms with Crippen molar-refractivity contribution in [3.63, 3.8) is 0 Å². The van der Waals surface area contributed by atoms with Crippen molar-refractivity contribution < 1.29 is 9.53 Å². The molecule has 5 nitrogen and oxygen atoms in total. The maximum Gasteiger partial charge on any atom is 0.309 e. The van der Waals surface area contributed by atoms with Crippen LogP contribution in [0.1, 0.15) is 26.2 Å². The fourth-order valence-electron chi connectivity index (χ4n) is 1.67. The lowest BCUT2D eigenvalue weighted by Gasteiger charge is -2.12. The summed E-state index contributed by atoms with van der Waals surface area (Å²) in [5.74, 6) is -0.437. The molecule has 0 aromatic carbocycles. The highest BCUT2D eigenvalue weighted by Crippen LogP contribution is 2.29. The molecular formula is C8H13N3O2. The van der Waals surface area contributed by atoms with Crippen LogP contribution in [-0.4, -0.2) is 18.6 Å². The Balaban J connectivity index is 2.57. The summed E-state index contributed by atoms with van der Waals surface area (Å²) in [5, 5.41) is 3.59.